The van der Waals surface area contributed by atoms with Gasteiger partial charge < -0.3 is 20.3 Å². The fourth-order valence-corrected chi connectivity index (χ4v) is 2.33. The maximum absolute atomic E-state index is 12.9. The van der Waals surface area contributed by atoms with Crippen LogP contribution in [0.4, 0.5) is 4.39 Å². The fourth-order valence-electron chi connectivity index (χ4n) is 2.33. The maximum atomic E-state index is 12.9. The Hall–Kier alpha value is -1.17. The molecule has 0 aliphatic carbocycles. The van der Waals surface area contributed by atoms with E-state index in [0.717, 1.165) is 6.07 Å². The van der Waals surface area contributed by atoms with E-state index in [4.69, 9.17) is 4.74 Å². The van der Waals surface area contributed by atoms with E-state index in [9.17, 15) is 14.6 Å². The first-order valence-corrected chi connectivity index (χ1v) is 6.48. The third kappa shape index (κ3) is 3.05. The van der Waals surface area contributed by atoms with Gasteiger partial charge in [0.2, 0.25) is 0 Å². The molecule has 3 unspecified atom stereocenters. The van der Waals surface area contributed by atoms with Crippen molar-refractivity contribution in [2.75, 3.05) is 13.2 Å². The minimum Gasteiger partial charge on any atom is -0.508 e. The molecule has 1 aromatic carbocycles. The molecule has 1 heterocycles. The van der Waals surface area contributed by atoms with Crippen molar-refractivity contribution in [2.45, 2.75) is 38.0 Å². The van der Waals surface area contributed by atoms with E-state index in [-0.39, 0.29) is 17.9 Å². The van der Waals surface area contributed by atoms with E-state index < -0.39 is 11.4 Å². The highest BCUT2D eigenvalue weighted by atomic mass is 19.1. The molecule has 1 aliphatic heterocycles. The molecule has 0 amide bonds. The number of ether oxygens (including phenoxy) is 1. The van der Waals surface area contributed by atoms with E-state index in [1.54, 1.807) is 6.07 Å². The number of hydrogen-bond acceptors (Lipinski definition) is 4. The summed E-state index contributed by atoms with van der Waals surface area (Å²) in [5.74, 6) is -0.549. The summed E-state index contributed by atoms with van der Waals surface area (Å²) >= 11 is 0. The Morgan fingerprint density at radius 2 is 2.32 bits per heavy atom. The predicted octanol–water partition coefficient (Wildman–Crippen LogP) is 1.72. The number of nitrogens with one attached hydrogen (secondary N) is 1. The molecule has 0 aromatic heterocycles. The van der Waals surface area contributed by atoms with Gasteiger partial charge in [0.15, 0.2) is 0 Å². The second-order valence-electron chi connectivity index (χ2n) is 5.17. The zero-order valence-corrected chi connectivity index (χ0v) is 11.2. The zero-order valence-electron chi connectivity index (χ0n) is 11.2. The molecule has 4 nitrogen and oxygen atoms in total. The Labute approximate surface area is 112 Å². The van der Waals surface area contributed by atoms with Crippen molar-refractivity contribution in [3.63, 3.8) is 0 Å². The second kappa shape index (κ2) is 5.45. The van der Waals surface area contributed by atoms with Crippen molar-refractivity contribution in [2.24, 2.45) is 0 Å². The molecule has 3 atom stereocenters. The van der Waals surface area contributed by atoms with Crippen LogP contribution in [0.5, 0.6) is 5.75 Å². The molecule has 1 saturated heterocycles. The van der Waals surface area contributed by atoms with E-state index in [1.807, 2.05) is 13.8 Å². The average molecular weight is 269 g/mol. The molecule has 106 valence electrons. The van der Waals surface area contributed by atoms with Gasteiger partial charge in [-0.3, -0.25) is 0 Å². The molecule has 0 radical (unpaired) electrons. The van der Waals surface area contributed by atoms with Crippen molar-refractivity contribution in [3.05, 3.63) is 29.6 Å². The number of rotatable bonds is 4. The van der Waals surface area contributed by atoms with Gasteiger partial charge in [0.05, 0.1) is 6.10 Å². The first-order chi connectivity index (χ1) is 8.92. The molecule has 0 saturated carbocycles. The van der Waals surface area contributed by atoms with Gasteiger partial charge in [0.25, 0.3) is 0 Å². The van der Waals surface area contributed by atoms with E-state index >= 15 is 0 Å². The van der Waals surface area contributed by atoms with Crippen LogP contribution in [0.1, 0.15) is 31.9 Å². The number of benzene rings is 1. The Morgan fingerprint density at radius 3 is 2.89 bits per heavy atom. The lowest BCUT2D eigenvalue weighted by molar-refractivity contribution is -0.0274. The van der Waals surface area contributed by atoms with Crippen LogP contribution in [0.15, 0.2) is 18.2 Å². The van der Waals surface area contributed by atoms with Gasteiger partial charge >= 0.3 is 0 Å². The summed E-state index contributed by atoms with van der Waals surface area (Å²) in [4.78, 5) is 0. The van der Waals surface area contributed by atoms with Gasteiger partial charge in [-0.25, -0.2) is 4.39 Å². The van der Waals surface area contributed by atoms with Crippen molar-refractivity contribution < 1.29 is 19.3 Å². The Balaban J connectivity index is 1.99. The molecule has 1 fully saturated rings. The van der Waals surface area contributed by atoms with Crippen LogP contribution >= 0.6 is 0 Å². The lowest BCUT2D eigenvalue weighted by Gasteiger charge is -2.28. The lowest BCUT2D eigenvalue weighted by atomic mass is 9.96. The number of aliphatic hydroxyl groups is 1. The normalized spacial score (nSPS) is 28.5. The standard InChI is InChI=1S/C14H20FNO3/c1-9(12-4-3-11(15)7-13(12)17)16-8-14(18)5-6-19-10(14)2/h3-4,7,9-10,16-18H,5-6,8H2,1-2H3. The Kier molecular flexibility index (Phi) is 4.08. The Bertz CT molecular complexity index is 454. The maximum Gasteiger partial charge on any atom is 0.126 e. The molecule has 2 rings (SSSR count). The highest BCUT2D eigenvalue weighted by Gasteiger charge is 2.39. The topological polar surface area (TPSA) is 61.7 Å². The molecule has 5 heteroatoms. The number of phenols is 1. The highest BCUT2D eigenvalue weighted by Crippen LogP contribution is 2.28. The van der Waals surface area contributed by atoms with E-state index in [2.05, 4.69) is 5.32 Å². The van der Waals surface area contributed by atoms with Crippen LogP contribution in [0.3, 0.4) is 0 Å². The number of phenolic OH excluding ortho intramolecular Hbond substituents is 1. The van der Waals surface area contributed by atoms with Crippen molar-refractivity contribution >= 4 is 0 Å². The summed E-state index contributed by atoms with van der Waals surface area (Å²) in [7, 11) is 0. The molecule has 0 bridgehead atoms. The summed E-state index contributed by atoms with van der Waals surface area (Å²) in [6, 6.07) is 3.76. The Morgan fingerprint density at radius 1 is 1.58 bits per heavy atom. The lowest BCUT2D eigenvalue weighted by Crippen LogP contribution is -2.46. The van der Waals surface area contributed by atoms with Gasteiger partial charge in [0, 0.05) is 37.2 Å². The van der Waals surface area contributed by atoms with Crippen molar-refractivity contribution in [3.8, 4) is 5.75 Å². The van der Waals surface area contributed by atoms with Crippen LogP contribution < -0.4 is 5.32 Å². The molecular weight excluding hydrogens is 249 g/mol. The monoisotopic (exact) mass is 269 g/mol. The molecule has 19 heavy (non-hydrogen) atoms. The third-order valence-electron chi connectivity index (χ3n) is 3.83. The van der Waals surface area contributed by atoms with E-state index in [1.165, 1.54) is 6.07 Å². The zero-order chi connectivity index (χ0) is 14.0. The smallest absolute Gasteiger partial charge is 0.126 e. The first kappa shape index (κ1) is 14.2. The van der Waals surface area contributed by atoms with E-state index in [0.29, 0.717) is 25.1 Å². The number of hydrogen-bond donors (Lipinski definition) is 3. The molecule has 0 spiro atoms. The molecule has 1 aromatic rings. The van der Waals surface area contributed by atoms with Gasteiger partial charge in [-0.15, -0.1) is 0 Å². The summed E-state index contributed by atoms with van der Waals surface area (Å²) in [5.41, 5.74) is -0.277. The highest BCUT2D eigenvalue weighted by molar-refractivity contribution is 5.34. The second-order valence-corrected chi connectivity index (χ2v) is 5.17. The SMILES string of the molecule is CC(NCC1(O)CCOC1C)c1ccc(F)cc1O. The van der Waals surface area contributed by atoms with Crippen LogP contribution in [0.2, 0.25) is 0 Å². The van der Waals surface area contributed by atoms with Gasteiger partial charge in [-0.05, 0) is 19.9 Å². The van der Waals surface area contributed by atoms with Crippen molar-refractivity contribution in [1.29, 1.82) is 0 Å². The third-order valence-corrected chi connectivity index (χ3v) is 3.83. The van der Waals surface area contributed by atoms with Gasteiger partial charge in [-0.2, -0.15) is 0 Å². The fraction of sp³-hybridized carbons (Fsp3) is 0.571. The minimum absolute atomic E-state index is 0.0808. The van der Waals surface area contributed by atoms with Crippen LogP contribution in [0.25, 0.3) is 0 Å². The molecular formula is C14H20FNO3. The van der Waals surface area contributed by atoms with Crippen LogP contribution in [-0.4, -0.2) is 35.1 Å². The van der Waals surface area contributed by atoms with Gasteiger partial charge in [0.1, 0.15) is 17.2 Å². The van der Waals surface area contributed by atoms with Crippen LogP contribution in [-0.2, 0) is 4.74 Å². The largest absolute Gasteiger partial charge is 0.508 e. The molecule has 3 N–H and O–H groups in total. The minimum atomic E-state index is -0.885. The summed E-state index contributed by atoms with van der Waals surface area (Å²) in [6.45, 7) is 4.62. The predicted molar refractivity (Wildman–Crippen MR) is 69.5 cm³/mol. The quantitative estimate of drug-likeness (QED) is 0.779. The molecule has 1 aliphatic rings. The summed E-state index contributed by atoms with van der Waals surface area (Å²) < 4.78 is 18.3. The van der Waals surface area contributed by atoms with Crippen molar-refractivity contribution in [1.82, 2.24) is 5.32 Å². The first-order valence-electron chi connectivity index (χ1n) is 6.48. The number of aromatic hydroxyl groups is 1. The number of halogens is 1. The summed E-state index contributed by atoms with van der Waals surface area (Å²) in [6.07, 6.45) is 0.373. The average Bonchev–Trinajstić information content (AvgIpc) is 2.67. The van der Waals surface area contributed by atoms with Crippen LogP contribution in [0, 0.1) is 5.82 Å². The summed E-state index contributed by atoms with van der Waals surface area (Å²) in [5, 5.41) is 23.2. The van der Waals surface area contributed by atoms with Gasteiger partial charge in [-0.1, -0.05) is 6.07 Å².